The van der Waals surface area contributed by atoms with Crippen LogP contribution in [-0.2, 0) is 20.6 Å². The zero-order valence-corrected chi connectivity index (χ0v) is 20.5. The Balaban J connectivity index is 1.84. The Labute approximate surface area is 208 Å². The molecule has 33 heavy (non-hydrogen) atoms. The van der Waals surface area contributed by atoms with Crippen molar-refractivity contribution >= 4 is 69.6 Å². The molecule has 2 aromatic heterocycles. The third kappa shape index (κ3) is 4.54. The Morgan fingerprint density at radius 2 is 1.61 bits per heavy atom. The molecule has 0 aliphatic rings. The number of nitrogens with one attached hydrogen (secondary N) is 1. The fourth-order valence-electron chi connectivity index (χ4n) is 3.37. The maximum atomic E-state index is 13.0. The fourth-order valence-corrected chi connectivity index (χ4v) is 4.31. The van der Waals surface area contributed by atoms with Gasteiger partial charge < -0.3 is 5.32 Å². The van der Waals surface area contributed by atoms with E-state index in [2.05, 4.69) is 10.3 Å². The van der Waals surface area contributed by atoms with E-state index in [9.17, 15) is 9.59 Å². The number of nitrogens with zero attached hydrogens (tertiary/aromatic N) is 4. The highest BCUT2D eigenvalue weighted by Gasteiger charge is 2.19. The van der Waals surface area contributed by atoms with Crippen LogP contribution in [-0.4, -0.2) is 18.7 Å². The zero-order valence-electron chi connectivity index (χ0n) is 17.4. The first kappa shape index (κ1) is 23.4. The number of halogens is 4. The van der Waals surface area contributed by atoms with E-state index in [1.807, 2.05) is 0 Å². The van der Waals surface area contributed by atoms with Gasteiger partial charge in [-0.05, 0) is 41.5 Å². The molecule has 11 heteroatoms. The molecule has 0 unspecified atom stereocenters. The van der Waals surface area contributed by atoms with Crippen LogP contribution in [0.1, 0.15) is 11.1 Å². The minimum absolute atomic E-state index is 0.220. The van der Waals surface area contributed by atoms with Crippen molar-refractivity contribution in [3.63, 3.8) is 0 Å². The van der Waals surface area contributed by atoms with Gasteiger partial charge in [0.25, 0.3) is 5.56 Å². The van der Waals surface area contributed by atoms with Gasteiger partial charge in [-0.2, -0.15) is 4.98 Å². The summed E-state index contributed by atoms with van der Waals surface area (Å²) >= 11 is 24.6. The van der Waals surface area contributed by atoms with Crippen molar-refractivity contribution in [3.05, 3.63) is 94.7 Å². The highest BCUT2D eigenvalue weighted by atomic mass is 35.5. The number of aromatic nitrogens is 4. The molecule has 0 atom stereocenters. The van der Waals surface area contributed by atoms with Crippen LogP contribution in [0.15, 0.2) is 52.2 Å². The van der Waals surface area contributed by atoms with Gasteiger partial charge in [-0.1, -0.05) is 58.5 Å². The summed E-state index contributed by atoms with van der Waals surface area (Å²) in [6.07, 6.45) is 3.38. The largest absolute Gasteiger partial charge is 0.332 e. The highest BCUT2D eigenvalue weighted by molar-refractivity contribution is 6.35. The first-order chi connectivity index (χ1) is 15.7. The van der Waals surface area contributed by atoms with Crippen molar-refractivity contribution in [2.75, 3.05) is 5.32 Å². The number of anilines is 1. The van der Waals surface area contributed by atoms with Crippen LogP contribution in [0.3, 0.4) is 0 Å². The molecule has 0 fully saturated rings. The van der Waals surface area contributed by atoms with Gasteiger partial charge in [-0.3, -0.25) is 18.5 Å². The molecule has 1 N–H and O–H groups in total. The molecule has 0 aliphatic heterocycles. The van der Waals surface area contributed by atoms with E-state index in [1.54, 1.807) is 60.3 Å². The summed E-state index contributed by atoms with van der Waals surface area (Å²) in [5.41, 5.74) is 1.02. The van der Waals surface area contributed by atoms with Crippen molar-refractivity contribution in [3.8, 4) is 0 Å². The van der Waals surface area contributed by atoms with Crippen molar-refractivity contribution in [1.29, 1.82) is 0 Å². The lowest BCUT2D eigenvalue weighted by Gasteiger charge is -2.11. The molecule has 0 aliphatic carbocycles. The Kier molecular flexibility index (Phi) is 6.59. The molecular formula is C22H17Cl4N5O2. The van der Waals surface area contributed by atoms with Crippen molar-refractivity contribution in [1.82, 2.24) is 18.7 Å². The summed E-state index contributed by atoms with van der Waals surface area (Å²) in [6, 6.07) is 10.3. The number of hydrogen-bond donors (Lipinski definition) is 1. The molecule has 4 aromatic rings. The molecule has 0 amide bonds. The standard InChI is InChI=1S/C22H17Cl4N5O2/c1-29-19-18(20(32)30(2)22(29)33)31(11-13-4-6-15(24)10-17(13)26)21(28-19)27-8-7-12-3-5-14(23)9-16(12)25/h3-10H,11H2,1-2H3,(H,27,28)/b8-7+. The first-order valence-corrected chi connectivity index (χ1v) is 11.2. The number of fused-ring (bicyclic) bond motifs is 1. The number of hydrogen-bond acceptors (Lipinski definition) is 4. The third-order valence-corrected chi connectivity index (χ3v) is 6.28. The monoisotopic (exact) mass is 523 g/mol. The molecule has 0 bridgehead atoms. The number of rotatable bonds is 5. The summed E-state index contributed by atoms with van der Waals surface area (Å²) in [4.78, 5) is 29.9. The summed E-state index contributed by atoms with van der Waals surface area (Å²) in [6.45, 7) is 0.220. The lowest BCUT2D eigenvalue weighted by molar-refractivity contribution is 0.702. The van der Waals surface area contributed by atoms with Crippen LogP contribution in [0, 0.1) is 0 Å². The summed E-state index contributed by atoms with van der Waals surface area (Å²) in [5.74, 6) is 0.343. The van der Waals surface area contributed by atoms with Crippen LogP contribution < -0.4 is 16.6 Å². The minimum Gasteiger partial charge on any atom is -0.332 e. The summed E-state index contributed by atoms with van der Waals surface area (Å²) < 4.78 is 4.03. The van der Waals surface area contributed by atoms with Gasteiger partial charge in [-0.15, -0.1) is 0 Å². The third-order valence-electron chi connectivity index (χ3n) is 5.13. The van der Waals surface area contributed by atoms with Crippen LogP contribution in [0.4, 0.5) is 5.95 Å². The molecule has 170 valence electrons. The molecular weight excluding hydrogens is 508 g/mol. The Bertz CT molecular complexity index is 1530. The van der Waals surface area contributed by atoms with Crippen molar-refractivity contribution in [2.45, 2.75) is 6.54 Å². The maximum absolute atomic E-state index is 13.0. The minimum atomic E-state index is -0.475. The quantitative estimate of drug-likeness (QED) is 0.390. The van der Waals surface area contributed by atoms with Crippen LogP contribution in [0.2, 0.25) is 20.1 Å². The van der Waals surface area contributed by atoms with E-state index in [0.717, 1.165) is 15.7 Å². The van der Waals surface area contributed by atoms with Gasteiger partial charge in [0.05, 0.1) is 6.54 Å². The van der Waals surface area contributed by atoms with Crippen LogP contribution in [0.5, 0.6) is 0 Å². The Hall–Kier alpha value is -2.71. The maximum Gasteiger partial charge on any atom is 0.332 e. The van der Waals surface area contributed by atoms with Gasteiger partial charge in [0, 0.05) is 40.4 Å². The van der Waals surface area contributed by atoms with Crippen LogP contribution in [0.25, 0.3) is 17.2 Å². The fraction of sp³-hybridized carbons (Fsp3) is 0.136. The molecule has 2 aromatic carbocycles. The summed E-state index contributed by atoms with van der Waals surface area (Å²) in [7, 11) is 2.98. The number of aryl methyl sites for hydroxylation is 1. The Morgan fingerprint density at radius 3 is 2.27 bits per heavy atom. The molecule has 4 rings (SSSR count). The molecule has 0 spiro atoms. The predicted molar refractivity (Wildman–Crippen MR) is 135 cm³/mol. The molecule has 0 saturated carbocycles. The number of benzene rings is 2. The predicted octanol–water partition coefficient (Wildman–Crippen LogP) is 5.18. The molecule has 0 saturated heterocycles. The van der Waals surface area contributed by atoms with Crippen LogP contribution >= 0.6 is 46.4 Å². The second-order valence-corrected chi connectivity index (χ2v) is 8.97. The average Bonchev–Trinajstić information content (AvgIpc) is 3.12. The van der Waals surface area contributed by atoms with E-state index in [0.29, 0.717) is 26.0 Å². The van der Waals surface area contributed by atoms with Gasteiger partial charge in [0.2, 0.25) is 5.95 Å². The zero-order chi connectivity index (χ0) is 23.9. The SMILES string of the molecule is Cn1c(=O)c2c(nc(N/C=C/c3ccc(Cl)cc3Cl)n2Cc2ccc(Cl)cc2Cl)n(C)c1=O. The van der Waals surface area contributed by atoms with E-state index in [-0.39, 0.29) is 17.7 Å². The Morgan fingerprint density at radius 1 is 0.939 bits per heavy atom. The van der Waals surface area contributed by atoms with Crippen molar-refractivity contribution < 1.29 is 0 Å². The lowest BCUT2D eigenvalue weighted by Crippen LogP contribution is -2.37. The van der Waals surface area contributed by atoms with E-state index >= 15 is 0 Å². The van der Waals surface area contributed by atoms with Gasteiger partial charge in [-0.25, -0.2) is 4.79 Å². The normalized spacial score (nSPS) is 11.6. The highest BCUT2D eigenvalue weighted by Crippen LogP contribution is 2.26. The van der Waals surface area contributed by atoms with E-state index < -0.39 is 11.2 Å². The van der Waals surface area contributed by atoms with Gasteiger partial charge in [0.15, 0.2) is 11.2 Å². The second-order valence-electron chi connectivity index (χ2n) is 7.28. The smallest absolute Gasteiger partial charge is 0.332 e. The molecule has 0 radical (unpaired) electrons. The lowest BCUT2D eigenvalue weighted by atomic mass is 10.2. The first-order valence-electron chi connectivity index (χ1n) is 9.65. The second kappa shape index (κ2) is 9.27. The topological polar surface area (TPSA) is 73.8 Å². The van der Waals surface area contributed by atoms with E-state index in [1.165, 1.54) is 11.6 Å². The summed E-state index contributed by atoms with van der Waals surface area (Å²) in [5, 5.41) is 5.04. The molecule has 7 nitrogen and oxygen atoms in total. The number of imidazole rings is 1. The molecule has 2 heterocycles. The van der Waals surface area contributed by atoms with Crippen molar-refractivity contribution in [2.24, 2.45) is 14.1 Å². The van der Waals surface area contributed by atoms with Gasteiger partial charge in [0.1, 0.15) is 0 Å². The average molecular weight is 525 g/mol. The van der Waals surface area contributed by atoms with Gasteiger partial charge >= 0.3 is 5.69 Å². The van der Waals surface area contributed by atoms with E-state index in [4.69, 9.17) is 46.4 Å².